The summed E-state index contributed by atoms with van der Waals surface area (Å²) in [6.07, 6.45) is 0. The molecule has 0 N–H and O–H groups in total. The lowest BCUT2D eigenvalue weighted by molar-refractivity contribution is -0.304. The summed E-state index contributed by atoms with van der Waals surface area (Å²) < 4.78 is 8.89. The Morgan fingerprint density at radius 2 is 1.33 bits per heavy atom. The van der Waals surface area contributed by atoms with E-state index in [9.17, 15) is 19.8 Å². The fourth-order valence-corrected chi connectivity index (χ4v) is 1.60. The monoisotopic (exact) mass is 350 g/mol. The molecule has 6 nitrogen and oxygen atoms in total. The number of carbonyl (C=O) groups excluding carboxylic acids is 2. The van der Waals surface area contributed by atoms with E-state index in [0.29, 0.717) is 13.2 Å². The van der Waals surface area contributed by atoms with Crippen LogP contribution in [0, 0.1) is 0 Å². The molecule has 0 aromatic heterocycles. The lowest BCUT2D eigenvalue weighted by atomic mass is 10.4. The van der Waals surface area contributed by atoms with Crippen LogP contribution in [0.3, 0.4) is 0 Å². The van der Waals surface area contributed by atoms with Gasteiger partial charge in [0.2, 0.25) is 6.55 Å². The second-order valence-electron chi connectivity index (χ2n) is 3.90. The summed E-state index contributed by atoms with van der Waals surface area (Å²) in [5.41, 5.74) is 0. The second kappa shape index (κ2) is 15.4. The highest BCUT2D eigenvalue weighted by Gasteiger charge is 2.26. The first-order valence-electron chi connectivity index (χ1n) is 7.08. The van der Waals surface area contributed by atoms with Crippen LogP contribution in [0.2, 0.25) is 6.55 Å². The van der Waals surface area contributed by atoms with E-state index in [2.05, 4.69) is 53.4 Å². The van der Waals surface area contributed by atoms with E-state index in [-0.39, 0.29) is 11.5 Å². The zero-order valence-electron chi connectivity index (χ0n) is 14.2. The van der Waals surface area contributed by atoms with Crippen molar-refractivity contribution < 1.29 is 29.3 Å². The lowest BCUT2D eigenvalue weighted by Gasteiger charge is -2.04. The first kappa shape index (κ1) is 23.7. The van der Waals surface area contributed by atoms with Gasteiger partial charge in [-0.05, 0) is 13.8 Å². The maximum atomic E-state index is 9.75. The van der Waals surface area contributed by atoms with Gasteiger partial charge in [-0.1, -0.05) is 31.4 Å². The molecular weight excluding hydrogens is 328 g/mol. The Balaban J connectivity index is 0. The lowest BCUT2D eigenvalue weighted by Crippen LogP contribution is -2.25. The Morgan fingerprint density at radius 3 is 1.50 bits per heavy atom. The molecule has 0 aliphatic rings. The van der Waals surface area contributed by atoms with Gasteiger partial charge in [0.15, 0.2) is 0 Å². The summed E-state index contributed by atoms with van der Waals surface area (Å²) >= 11 is 0. The van der Waals surface area contributed by atoms with Gasteiger partial charge in [0.25, 0.3) is 0 Å². The molecule has 0 saturated carbocycles. The number of rotatable bonds is 7. The fourth-order valence-electron chi connectivity index (χ4n) is 1.07. The minimum atomic E-state index is -1.35. The van der Waals surface area contributed by atoms with Gasteiger partial charge in [0.05, 0.1) is 13.2 Å². The maximum Gasteiger partial charge on any atom is 0.952 e. The van der Waals surface area contributed by atoms with Gasteiger partial charge in [0.1, 0.15) is 23.5 Å². The number of benzene rings is 1. The predicted octanol–water partition coefficient (Wildman–Crippen LogP) is -0.363. The molecule has 1 aromatic carbocycles. The van der Waals surface area contributed by atoms with Gasteiger partial charge in [-0.25, -0.2) is 0 Å². The van der Waals surface area contributed by atoms with Gasteiger partial charge < -0.3 is 29.3 Å². The van der Waals surface area contributed by atoms with Crippen molar-refractivity contribution in [1.29, 1.82) is 0 Å². The fraction of sp³-hybridized carbons (Fsp3) is 0.294. The zero-order valence-corrected chi connectivity index (χ0v) is 15.2. The number of hydrogen-bond donors (Lipinski definition) is 0. The van der Waals surface area contributed by atoms with Crippen LogP contribution in [0.5, 0.6) is 0 Å². The number of carboxylic acids is 2. The van der Waals surface area contributed by atoms with Gasteiger partial charge >= 0.3 is 14.7 Å². The van der Waals surface area contributed by atoms with Crippen molar-refractivity contribution in [3.8, 4) is 0 Å². The van der Waals surface area contributed by atoms with Crippen molar-refractivity contribution in [2.75, 3.05) is 13.2 Å². The largest absolute Gasteiger partial charge is 0.952 e. The highest BCUT2D eigenvalue weighted by molar-refractivity contribution is 6.51. The van der Waals surface area contributed by atoms with Crippen LogP contribution >= 0.6 is 0 Å². The van der Waals surface area contributed by atoms with Crippen LogP contribution in [0.25, 0.3) is 0 Å². The third-order valence-electron chi connectivity index (χ3n) is 2.15. The molecule has 0 atom stereocenters. The van der Waals surface area contributed by atoms with Crippen LogP contribution in [0.15, 0.2) is 55.0 Å². The van der Waals surface area contributed by atoms with Crippen LogP contribution in [-0.4, -0.2) is 34.7 Å². The molecule has 0 fully saturated rings. The molecule has 1 aromatic rings. The molecule has 0 amide bonds. The molecule has 1 rings (SSSR count). The molecule has 0 aliphatic carbocycles. The summed E-state index contributed by atoms with van der Waals surface area (Å²) in [5.74, 6) is -3.33. The molecule has 130 valence electrons. The van der Waals surface area contributed by atoms with Crippen LogP contribution in [0.4, 0.5) is 0 Å². The van der Waals surface area contributed by atoms with Crippen molar-refractivity contribution in [2.24, 2.45) is 0 Å². The van der Waals surface area contributed by atoms with Crippen molar-refractivity contribution in [3.63, 3.8) is 0 Å². The molecule has 24 heavy (non-hydrogen) atoms. The molecule has 0 bridgehead atoms. The molecule has 0 aliphatic heterocycles. The first-order chi connectivity index (χ1) is 11.3. The minimum Gasteiger partial charge on any atom is -0.542 e. The number of carbonyl (C=O) groups is 2. The van der Waals surface area contributed by atoms with E-state index in [1.807, 2.05) is 6.07 Å². The second-order valence-corrected chi connectivity index (χ2v) is 4.98. The molecule has 0 spiro atoms. The highest BCUT2D eigenvalue weighted by atomic mass is 28.2. The van der Waals surface area contributed by atoms with Crippen molar-refractivity contribution in [1.82, 2.24) is 0 Å². The zero-order chi connectivity index (χ0) is 19.0. The van der Waals surface area contributed by atoms with Gasteiger partial charge in [-0.15, -0.1) is 0 Å². The quantitative estimate of drug-likeness (QED) is 0.378. The Kier molecular flexibility index (Phi) is 15.2. The van der Waals surface area contributed by atoms with E-state index in [4.69, 9.17) is 0 Å². The molecule has 0 radical (unpaired) electrons. The average Bonchev–Trinajstić information content (AvgIpc) is 2.57. The summed E-state index contributed by atoms with van der Waals surface area (Å²) in [7, 11) is 0.930. The minimum absolute atomic E-state index is 0.312. The summed E-state index contributed by atoms with van der Waals surface area (Å²) in [6, 6.07) is 10.5. The van der Waals surface area contributed by atoms with Crippen LogP contribution < -0.4 is 15.4 Å². The third kappa shape index (κ3) is 14.4. The van der Waals surface area contributed by atoms with E-state index in [1.54, 1.807) is 13.8 Å². The highest BCUT2D eigenvalue weighted by Crippen LogP contribution is 1.88. The Labute approximate surface area is 145 Å². The van der Waals surface area contributed by atoms with Crippen molar-refractivity contribution in [3.05, 3.63) is 55.0 Å². The van der Waals surface area contributed by atoms with E-state index in [0.717, 1.165) is 9.52 Å². The van der Waals surface area contributed by atoms with E-state index in [1.165, 1.54) is 5.19 Å². The normalized spacial score (nSPS) is 8.12. The molecule has 7 heteroatoms. The summed E-state index contributed by atoms with van der Waals surface area (Å²) in [6.45, 7) is 12.3. The Morgan fingerprint density at radius 1 is 0.958 bits per heavy atom. The smallest absolute Gasteiger partial charge is 0.542 e. The van der Waals surface area contributed by atoms with Gasteiger partial charge in [0, 0.05) is 12.1 Å². The third-order valence-corrected chi connectivity index (χ3v) is 3.07. The van der Waals surface area contributed by atoms with Crippen LogP contribution in [0.1, 0.15) is 13.8 Å². The van der Waals surface area contributed by atoms with Crippen molar-refractivity contribution >= 4 is 26.6 Å². The number of ether oxygens (including phenoxy) is 2. The number of carboxylic acid groups (broad SMARTS) is 2. The molecular formula is C17H22O6Si. The van der Waals surface area contributed by atoms with Gasteiger partial charge in [-0.3, -0.25) is 0 Å². The Bertz CT molecular complexity index is 485. The maximum absolute atomic E-state index is 9.75. The summed E-state index contributed by atoms with van der Waals surface area (Å²) in [5, 5.41) is 20.9. The molecule has 0 heterocycles. The van der Waals surface area contributed by atoms with Gasteiger partial charge in [-0.2, -0.15) is 0 Å². The van der Waals surface area contributed by atoms with Crippen LogP contribution in [-0.2, 0) is 19.1 Å². The van der Waals surface area contributed by atoms with Crippen molar-refractivity contribution in [2.45, 2.75) is 20.4 Å². The van der Waals surface area contributed by atoms with E-state index < -0.39 is 11.9 Å². The average molecular weight is 350 g/mol. The first-order valence-corrected chi connectivity index (χ1v) is 8.58. The predicted molar refractivity (Wildman–Crippen MR) is 89.2 cm³/mol. The molecule has 0 unspecified atom stereocenters. The van der Waals surface area contributed by atoms with E-state index >= 15 is 0 Å². The molecule has 0 saturated heterocycles. The number of hydrogen-bond acceptors (Lipinski definition) is 6. The topological polar surface area (TPSA) is 98.7 Å². The standard InChI is InChI=1S/C7H8Si.2C5H8O3/c1-8-7-5-3-2-4-6-7;2*1-3-8-4(2)5(6)7/h2-6H,1H3;2*2-3H2,1H3,(H,6,7)/q+2;;/p-2. The number of aliphatic carboxylic acids is 2. The Hall–Kier alpha value is -2.54. The SMILES string of the molecule is C=C(OCC)C(=O)[O-].C=C(OCC)C(=O)[O-].C[Si+2]c1ccccc1. The summed E-state index contributed by atoms with van der Waals surface area (Å²) in [4.78, 5) is 19.5.